The molecule has 1 aliphatic rings. The summed E-state index contributed by atoms with van der Waals surface area (Å²) >= 11 is 0. The van der Waals surface area contributed by atoms with Crippen molar-refractivity contribution in [2.45, 2.75) is 19.3 Å². The summed E-state index contributed by atoms with van der Waals surface area (Å²) in [4.78, 5) is 0. The van der Waals surface area contributed by atoms with E-state index in [1.54, 1.807) is 0 Å². The van der Waals surface area contributed by atoms with Crippen LogP contribution in [0.2, 0.25) is 0 Å². The highest BCUT2D eigenvalue weighted by Crippen LogP contribution is 2.57. The third-order valence-corrected chi connectivity index (χ3v) is 10.7. The van der Waals surface area contributed by atoms with E-state index in [4.69, 9.17) is 0 Å². The van der Waals surface area contributed by atoms with E-state index in [0.29, 0.717) is 0 Å². The van der Waals surface area contributed by atoms with Gasteiger partial charge in [-0.2, -0.15) is 0 Å². The number of benzene rings is 9. The molecule has 0 aromatic heterocycles. The molecule has 0 aliphatic heterocycles. The van der Waals surface area contributed by atoms with Crippen molar-refractivity contribution >= 4 is 53.9 Å². The van der Waals surface area contributed by atoms with E-state index in [0.717, 1.165) is 0 Å². The topological polar surface area (TPSA) is 0 Å². The van der Waals surface area contributed by atoms with Crippen LogP contribution in [-0.4, -0.2) is 0 Å². The first-order valence-corrected chi connectivity index (χ1v) is 16.6. The molecule has 0 spiro atoms. The zero-order valence-corrected chi connectivity index (χ0v) is 26.5. The molecule has 220 valence electrons. The highest BCUT2D eigenvalue weighted by Gasteiger charge is 2.39. The van der Waals surface area contributed by atoms with Gasteiger partial charge in [0.1, 0.15) is 0 Å². The second kappa shape index (κ2) is 9.64. The Bertz CT molecular complexity index is 2760. The van der Waals surface area contributed by atoms with E-state index in [1.165, 1.54) is 98.4 Å². The quantitative estimate of drug-likeness (QED) is 0.174. The lowest BCUT2D eigenvalue weighted by Gasteiger charge is -2.25. The van der Waals surface area contributed by atoms with Crippen LogP contribution in [0.1, 0.15) is 25.0 Å². The first-order chi connectivity index (χ1) is 23.0. The molecule has 9 aromatic rings. The zero-order chi connectivity index (χ0) is 31.3. The summed E-state index contributed by atoms with van der Waals surface area (Å²) in [5, 5.41) is 13.0. The van der Waals surface area contributed by atoms with Crippen LogP contribution < -0.4 is 0 Å². The molecule has 0 heteroatoms. The Morgan fingerprint density at radius 1 is 0.319 bits per heavy atom. The van der Waals surface area contributed by atoms with Crippen LogP contribution in [0.25, 0.3) is 87.2 Å². The molecule has 0 nitrogen and oxygen atoms in total. The minimum atomic E-state index is -0.182. The lowest BCUT2D eigenvalue weighted by Crippen LogP contribution is -2.16. The van der Waals surface area contributed by atoms with Crippen molar-refractivity contribution in [3.8, 4) is 33.4 Å². The van der Waals surface area contributed by atoms with E-state index < -0.39 is 0 Å². The number of rotatable bonds is 2. The van der Waals surface area contributed by atoms with Gasteiger partial charge < -0.3 is 0 Å². The minimum absolute atomic E-state index is 0.182. The molecule has 0 amide bonds. The molecule has 0 saturated carbocycles. The van der Waals surface area contributed by atoms with Gasteiger partial charge in [-0.05, 0) is 123 Å². The van der Waals surface area contributed by atoms with E-state index in [2.05, 4.69) is 172 Å². The van der Waals surface area contributed by atoms with Gasteiger partial charge in [-0.3, -0.25) is 0 Å². The second-order valence-corrected chi connectivity index (χ2v) is 13.7. The van der Waals surface area contributed by atoms with Crippen LogP contribution in [0.5, 0.6) is 0 Å². The lowest BCUT2D eigenvalue weighted by molar-refractivity contribution is 0.672. The average Bonchev–Trinajstić information content (AvgIpc) is 3.38. The Morgan fingerprint density at radius 3 is 1.43 bits per heavy atom. The fourth-order valence-electron chi connectivity index (χ4n) is 8.55. The van der Waals surface area contributed by atoms with E-state index in [9.17, 15) is 0 Å². The monoisotopic (exact) mass is 596 g/mol. The van der Waals surface area contributed by atoms with Gasteiger partial charge in [0.05, 0.1) is 0 Å². The fourth-order valence-corrected chi connectivity index (χ4v) is 8.55. The zero-order valence-electron chi connectivity index (χ0n) is 26.5. The molecule has 0 unspecified atom stereocenters. The minimum Gasteiger partial charge on any atom is -0.0616 e. The Morgan fingerprint density at radius 2 is 0.787 bits per heavy atom. The van der Waals surface area contributed by atoms with Gasteiger partial charge in [0.15, 0.2) is 0 Å². The molecule has 0 N–H and O–H groups in total. The lowest BCUT2D eigenvalue weighted by atomic mass is 9.77. The molecule has 0 radical (unpaired) electrons. The number of fused-ring (bicyclic) bond motifs is 12. The van der Waals surface area contributed by atoms with Crippen molar-refractivity contribution in [1.82, 2.24) is 0 Å². The Balaban J connectivity index is 1.30. The Hall–Kier alpha value is -5.72. The largest absolute Gasteiger partial charge is 0.0616 e. The molecule has 0 atom stereocenters. The summed E-state index contributed by atoms with van der Waals surface area (Å²) in [5.74, 6) is 0. The summed E-state index contributed by atoms with van der Waals surface area (Å²) < 4.78 is 0. The highest BCUT2D eigenvalue weighted by atomic mass is 14.4. The van der Waals surface area contributed by atoms with Gasteiger partial charge in [0.2, 0.25) is 0 Å². The summed E-state index contributed by atoms with van der Waals surface area (Å²) in [6, 6.07) is 58.9. The molecule has 10 rings (SSSR count). The smallest absolute Gasteiger partial charge is 0.0171 e. The maximum absolute atomic E-state index is 2.46. The summed E-state index contributed by atoms with van der Waals surface area (Å²) in [5.41, 5.74) is 10.5. The molecular weight excluding hydrogens is 565 g/mol. The van der Waals surface area contributed by atoms with Crippen molar-refractivity contribution in [2.75, 3.05) is 0 Å². The van der Waals surface area contributed by atoms with E-state index >= 15 is 0 Å². The van der Waals surface area contributed by atoms with Gasteiger partial charge in [-0.25, -0.2) is 0 Å². The Kier molecular flexibility index (Phi) is 5.44. The van der Waals surface area contributed by atoms with Gasteiger partial charge in [0, 0.05) is 5.41 Å². The van der Waals surface area contributed by atoms with Crippen molar-refractivity contribution in [2.24, 2.45) is 0 Å². The molecule has 0 fully saturated rings. The predicted octanol–water partition coefficient (Wildman–Crippen LogP) is 13.1. The second-order valence-electron chi connectivity index (χ2n) is 13.7. The van der Waals surface area contributed by atoms with E-state index in [1.807, 2.05) is 0 Å². The van der Waals surface area contributed by atoms with Crippen molar-refractivity contribution in [1.29, 1.82) is 0 Å². The van der Waals surface area contributed by atoms with Gasteiger partial charge in [0.25, 0.3) is 0 Å². The molecule has 0 saturated heterocycles. The van der Waals surface area contributed by atoms with Crippen molar-refractivity contribution in [3.05, 3.63) is 169 Å². The van der Waals surface area contributed by atoms with Crippen molar-refractivity contribution < 1.29 is 0 Å². The molecule has 9 aromatic carbocycles. The maximum atomic E-state index is 2.46. The van der Waals surface area contributed by atoms with Crippen LogP contribution in [0.4, 0.5) is 0 Å². The van der Waals surface area contributed by atoms with Gasteiger partial charge in [-0.1, -0.05) is 147 Å². The maximum Gasteiger partial charge on any atom is 0.0171 e. The Labute approximate surface area is 274 Å². The van der Waals surface area contributed by atoms with E-state index in [-0.39, 0.29) is 5.41 Å². The predicted molar refractivity (Wildman–Crippen MR) is 202 cm³/mol. The van der Waals surface area contributed by atoms with Crippen LogP contribution >= 0.6 is 0 Å². The number of hydrogen-bond acceptors (Lipinski definition) is 0. The third kappa shape index (κ3) is 3.82. The fraction of sp³-hybridized carbons (Fsp3) is 0.0638. The van der Waals surface area contributed by atoms with Crippen LogP contribution in [0, 0.1) is 0 Å². The third-order valence-electron chi connectivity index (χ3n) is 10.7. The van der Waals surface area contributed by atoms with Gasteiger partial charge >= 0.3 is 0 Å². The van der Waals surface area contributed by atoms with Gasteiger partial charge in [-0.15, -0.1) is 0 Å². The van der Waals surface area contributed by atoms with Crippen LogP contribution in [-0.2, 0) is 5.41 Å². The first kappa shape index (κ1) is 26.5. The number of hydrogen-bond donors (Lipinski definition) is 0. The summed E-state index contributed by atoms with van der Waals surface area (Å²) in [7, 11) is 0. The first-order valence-electron chi connectivity index (χ1n) is 16.6. The van der Waals surface area contributed by atoms with Crippen molar-refractivity contribution in [3.63, 3.8) is 0 Å². The summed E-state index contributed by atoms with van der Waals surface area (Å²) in [6.07, 6.45) is 0. The summed E-state index contributed by atoms with van der Waals surface area (Å²) in [6.45, 7) is 4.87. The highest BCUT2D eigenvalue weighted by molar-refractivity contribution is 6.20. The molecular formula is C47H32. The average molecular weight is 597 g/mol. The standard InChI is InChI=1S/C47H32/c1-47(2)45-38-14-8-7-11-31(38)19-24-41(45)44-42-27-36(34-17-15-29-9-3-5-12-32(29)25-34)20-22-39(42)40-23-21-37(28-43(40)46(44)47)35-18-16-30-10-4-6-13-33(30)26-35/h3-28H,1-2H3. The SMILES string of the molecule is CC1(C)c2c(ccc3ccccc23)-c2c1c1cc(-c3ccc4ccccc4c3)ccc1c1ccc(-c3ccc4ccccc4c3)cc21. The van der Waals surface area contributed by atoms with Crippen LogP contribution in [0.3, 0.4) is 0 Å². The molecule has 0 bridgehead atoms. The molecule has 1 aliphatic carbocycles. The molecule has 47 heavy (non-hydrogen) atoms. The normalized spacial score (nSPS) is 13.5. The van der Waals surface area contributed by atoms with Crippen LogP contribution in [0.15, 0.2) is 158 Å². The molecule has 0 heterocycles.